The van der Waals surface area contributed by atoms with Gasteiger partial charge in [-0.3, -0.25) is 4.79 Å². The molecule has 0 aromatic heterocycles. The van der Waals surface area contributed by atoms with Crippen LogP contribution in [0.4, 0.5) is 0 Å². The zero-order chi connectivity index (χ0) is 11.8. The Balaban J connectivity index is 2.44. The molecule has 0 aliphatic heterocycles. The first-order valence-corrected chi connectivity index (χ1v) is 6.71. The summed E-state index contributed by atoms with van der Waals surface area (Å²) in [4.78, 5) is 10.8. The Morgan fingerprint density at radius 2 is 2.12 bits per heavy atom. The van der Waals surface area contributed by atoms with Crippen LogP contribution >= 0.6 is 27.5 Å². The van der Waals surface area contributed by atoms with Gasteiger partial charge in [-0.25, -0.2) is 0 Å². The SMILES string of the molecule is O=Cc1cc(Cl)ccc1OCCCCCBr. The van der Waals surface area contributed by atoms with Crippen molar-refractivity contribution < 1.29 is 9.53 Å². The van der Waals surface area contributed by atoms with E-state index in [0.717, 1.165) is 30.9 Å². The highest BCUT2D eigenvalue weighted by Gasteiger charge is 2.03. The Bertz CT molecular complexity index is 342. The van der Waals surface area contributed by atoms with Crippen molar-refractivity contribution in [3.8, 4) is 5.75 Å². The molecule has 0 saturated carbocycles. The van der Waals surface area contributed by atoms with Crippen LogP contribution in [0.25, 0.3) is 0 Å². The van der Waals surface area contributed by atoms with Crippen molar-refractivity contribution in [1.29, 1.82) is 0 Å². The third-order valence-electron chi connectivity index (χ3n) is 2.13. The fourth-order valence-electron chi connectivity index (χ4n) is 1.30. The maximum Gasteiger partial charge on any atom is 0.153 e. The maximum absolute atomic E-state index is 10.8. The number of unbranched alkanes of at least 4 members (excludes halogenated alkanes) is 2. The highest BCUT2D eigenvalue weighted by Crippen LogP contribution is 2.21. The number of ether oxygens (including phenoxy) is 1. The molecule has 0 bridgehead atoms. The molecule has 1 aromatic carbocycles. The van der Waals surface area contributed by atoms with Crippen LogP contribution in [-0.4, -0.2) is 18.2 Å². The summed E-state index contributed by atoms with van der Waals surface area (Å²) in [6, 6.07) is 5.07. The number of benzene rings is 1. The van der Waals surface area contributed by atoms with E-state index in [-0.39, 0.29) is 0 Å². The summed E-state index contributed by atoms with van der Waals surface area (Å²) in [5, 5.41) is 1.57. The van der Waals surface area contributed by atoms with E-state index in [1.165, 1.54) is 0 Å². The predicted octanol–water partition coefficient (Wildman–Crippen LogP) is 4.10. The van der Waals surface area contributed by atoms with Crippen molar-refractivity contribution in [2.45, 2.75) is 19.3 Å². The van der Waals surface area contributed by atoms with E-state index >= 15 is 0 Å². The molecule has 0 atom stereocenters. The summed E-state index contributed by atoms with van der Waals surface area (Å²) in [6.45, 7) is 0.634. The van der Waals surface area contributed by atoms with Crippen molar-refractivity contribution >= 4 is 33.8 Å². The van der Waals surface area contributed by atoms with Crippen LogP contribution in [0.15, 0.2) is 18.2 Å². The van der Waals surface area contributed by atoms with Crippen molar-refractivity contribution in [3.63, 3.8) is 0 Å². The Morgan fingerprint density at radius 3 is 2.81 bits per heavy atom. The smallest absolute Gasteiger partial charge is 0.153 e. The van der Waals surface area contributed by atoms with Gasteiger partial charge in [0.15, 0.2) is 6.29 Å². The average molecular weight is 306 g/mol. The highest BCUT2D eigenvalue weighted by molar-refractivity contribution is 9.09. The average Bonchev–Trinajstić information content (AvgIpc) is 2.30. The van der Waals surface area contributed by atoms with E-state index in [0.29, 0.717) is 22.9 Å². The lowest BCUT2D eigenvalue weighted by atomic mass is 10.2. The van der Waals surface area contributed by atoms with E-state index in [1.54, 1.807) is 18.2 Å². The molecule has 0 aliphatic carbocycles. The Hall–Kier alpha value is -0.540. The minimum Gasteiger partial charge on any atom is -0.493 e. The van der Waals surface area contributed by atoms with Gasteiger partial charge in [0.2, 0.25) is 0 Å². The first-order chi connectivity index (χ1) is 7.77. The van der Waals surface area contributed by atoms with Gasteiger partial charge >= 0.3 is 0 Å². The molecular formula is C12H14BrClO2. The van der Waals surface area contributed by atoms with E-state index in [4.69, 9.17) is 16.3 Å². The zero-order valence-corrected chi connectivity index (χ0v) is 11.3. The second-order valence-corrected chi connectivity index (χ2v) is 4.63. The van der Waals surface area contributed by atoms with Crippen LogP contribution in [0.3, 0.4) is 0 Å². The molecule has 0 amide bonds. The first kappa shape index (κ1) is 13.5. The quantitative estimate of drug-likeness (QED) is 0.431. The minimum atomic E-state index is 0.507. The molecule has 16 heavy (non-hydrogen) atoms. The molecular weight excluding hydrogens is 291 g/mol. The lowest BCUT2D eigenvalue weighted by Gasteiger charge is -2.08. The zero-order valence-electron chi connectivity index (χ0n) is 8.92. The molecule has 0 aliphatic rings. The van der Waals surface area contributed by atoms with Gasteiger partial charge in [0.05, 0.1) is 12.2 Å². The van der Waals surface area contributed by atoms with Crippen LogP contribution in [-0.2, 0) is 0 Å². The monoisotopic (exact) mass is 304 g/mol. The molecule has 0 saturated heterocycles. The van der Waals surface area contributed by atoms with Crippen molar-refractivity contribution in [3.05, 3.63) is 28.8 Å². The van der Waals surface area contributed by atoms with Crippen molar-refractivity contribution in [2.75, 3.05) is 11.9 Å². The molecule has 0 spiro atoms. The second-order valence-electron chi connectivity index (χ2n) is 3.40. The van der Waals surface area contributed by atoms with Crippen LogP contribution in [0, 0.1) is 0 Å². The van der Waals surface area contributed by atoms with Gasteiger partial charge in [0, 0.05) is 10.4 Å². The van der Waals surface area contributed by atoms with Crippen LogP contribution in [0.2, 0.25) is 5.02 Å². The molecule has 0 heterocycles. The molecule has 0 unspecified atom stereocenters. The first-order valence-electron chi connectivity index (χ1n) is 5.21. The number of aldehydes is 1. The third kappa shape index (κ3) is 4.54. The highest BCUT2D eigenvalue weighted by atomic mass is 79.9. The second kappa shape index (κ2) is 7.69. The van der Waals surface area contributed by atoms with Gasteiger partial charge < -0.3 is 4.74 Å². The largest absolute Gasteiger partial charge is 0.493 e. The summed E-state index contributed by atoms with van der Waals surface area (Å²) in [6.07, 6.45) is 4.02. The van der Waals surface area contributed by atoms with Gasteiger partial charge in [-0.1, -0.05) is 27.5 Å². The van der Waals surface area contributed by atoms with Crippen LogP contribution in [0.5, 0.6) is 5.75 Å². The van der Waals surface area contributed by atoms with Crippen LogP contribution < -0.4 is 4.74 Å². The Morgan fingerprint density at radius 1 is 1.31 bits per heavy atom. The summed E-state index contributed by atoms with van der Waals surface area (Å²) in [5.74, 6) is 0.609. The van der Waals surface area contributed by atoms with Gasteiger partial charge in [0.25, 0.3) is 0 Å². The number of carbonyl (C=O) groups is 1. The number of alkyl halides is 1. The molecule has 88 valence electrons. The number of hydrogen-bond acceptors (Lipinski definition) is 2. The number of halogens is 2. The summed E-state index contributed by atoms with van der Waals surface area (Å²) >= 11 is 9.15. The Kier molecular flexibility index (Phi) is 6.50. The van der Waals surface area contributed by atoms with E-state index in [9.17, 15) is 4.79 Å². The topological polar surface area (TPSA) is 26.3 Å². The Labute approximate surface area is 109 Å². The number of hydrogen-bond donors (Lipinski definition) is 0. The summed E-state index contributed by atoms with van der Waals surface area (Å²) < 4.78 is 5.52. The molecule has 2 nitrogen and oxygen atoms in total. The number of carbonyl (C=O) groups excluding carboxylic acids is 1. The normalized spacial score (nSPS) is 10.1. The van der Waals surface area contributed by atoms with Gasteiger partial charge in [0.1, 0.15) is 5.75 Å². The molecule has 4 heteroatoms. The van der Waals surface area contributed by atoms with Crippen molar-refractivity contribution in [1.82, 2.24) is 0 Å². The molecule has 1 rings (SSSR count). The number of rotatable bonds is 7. The van der Waals surface area contributed by atoms with Gasteiger partial charge in [-0.05, 0) is 37.5 Å². The molecule has 1 aromatic rings. The minimum absolute atomic E-state index is 0.507. The summed E-state index contributed by atoms with van der Waals surface area (Å²) in [5.41, 5.74) is 0.507. The van der Waals surface area contributed by atoms with Crippen LogP contribution in [0.1, 0.15) is 29.6 Å². The van der Waals surface area contributed by atoms with Crippen molar-refractivity contribution in [2.24, 2.45) is 0 Å². The van der Waals surface area contributed by atoms with E-state index in [2.05, 4.69) is 15.9 Å². The third-order valence-corrected chi connectivity index (χ3v) is 2.93. The van der Waals surface area contributed by atoms with E-state index < -0.39 is 0 Å². The molecule has 0 radical (unpaired) electrons. The molecule has 0 fully saturated rings. The lowest BCUT2D eigenvalue weighted by Crippen LogP contribution is -2.00. The lowest BCUT2D eigenvalue weighted by molar-refractivity contribution is 0.111. The molecule has 0 N–H and O–H groups in total. The summed E-state index contributed by atoms with van der Waals surface area (Å²) in [7, 11) is 0. The fourth-order valence-corrected chi connectivity index (χ4v) is 1.88. The fraction of sp³-hybridized carbons (Fsp3) is 0.417. The maximum atomic E-state index is 10.8. The van der Waals surface area contributed by atoms with Gasteiger partial charge in [-0.15, -0.1) is 0 Å². The predicted molar refractivity (Wildman–Crippen MR) is 70.0 cm³/mol. The van der Waals surface area contributed by atoms with E-state index in [1.807, 2.05) is 0 Å². The standard InChI is InChI=1S/C12H14BrClO2/c13-6-2-1-3-7-16-12-5-4-11(14)8-10(12)9-15/h4-5,8-9H,1-3,6-7H2. The van der Waals surface area contributed by atoms with Gasteiger partial charge in [-0.2, -0.15) is 0 Å².